The molecule has 0 radical (unpaired) electrons. The van der Waals surface area contributed by atoms with Crippen molar-refractivity contribution in [3.8, 4) is 5.69 Å². The van der Waals surface area contributed by atoms with Crippen LogP contribution in [0.4, 0.5) is 51.2 Å². The van der Waals surface area contributed by atoms with Gasteiger partial charge < -0.3 is 23.7 Å². The zero-order valence-corrected chi connectivity index (χ0v) is 47.8. The number of para-hydroxylation sites is 4. The maximum absolute atomic E-state index is 7.43. The van der Waals surface area contributed by atoms with Crippen molar-refractivity contribution in [3.63, 3.8) is 0 Å². The van der Waals surface area contributed by atoms with Crippen LogP contribution in [0.15, 0.2) is 180 Å². The van der Waals surface area contributed by atoms with E-state index in [0.29, 0.717) is 0 Å². The molecular weight excluding hydrogens is 948 g/mol. The van der Waals surface area contributed by atoms with E-state index in [4.69, 9.17) is 4.42 Å². The number of hydrogen-bond acceptors (Lipinski definition) is 4. The SMILES string of the molecule is CC(C)(C)c1ccc(N(c2ccc(C(C)(C)C)cc2)c2ccc3c(c2)N(c2cccc4c2oc2c(C(C)(C)C)cccc24)c2cc(C(C)(C)C)cc4c2B3c2c(c3c(n2-c2ccccc2)CCCC3)N4c2ccccc2)cc1. The lowest BCUT2D eigenvalue weighted by Crippen LogP contribution is -2.63. The summed E-state index contributed by atoms with van der Waals surface area (Å²) in [7, 11) is 0. The number of fused-ring (bicyclic) bond motifs is 9. The zero-order chi connectivity index (χ0) is 54.2. The van der Waals surface area contributed by atoms with Crippen molar-refractivity contribution in [2.45, 2.75) is 130 Å². The maximum atomic E-state index is 7.43. The van der Waals surface area contributed by atoms with Crippen LogP contribution in [0.5, 0.6) is 0 Å². The third-order valence-electron chi connectivity index (χ3n) is 17.1. The highest BCUT2D eigenvalue weighted by Crippen LogP contribution is 2.52. The molecule has 0 amide bonds. The van der Waals surface area contributed by atoms with Gasteiger partial charge >= 0.3 is 0 Å². The molecule has 2 aromatic heterocycles. The van der Waals surface area contributed by atoms with Crippen molar-refractivity contribution in [1.29, 1.82) is 0 Å². The summed E-state index contributed by atoms with van der Waals surface area (Å²) in [5, 5.41) is 2.26. The molecule has 4 heterocycles. The van der Waals surface area contributed by atoms with Gasteiger partial charge in [0.1, 0.15) is 5.58 Å². The van der Waals surface area contributed by atoms with Gasteiger partial charge in [-0.15, -0.1) is 0 Å². The van der Waals surface area contributed by atoms with Crippen LogP contribution in [-0.4, -0.2) is 11.3 Å². The van der Waals surface area contributed by atoms with Crippen molar-refractivity contribution in [1.82, 2.24) is 4.57 Å². The molecule has 0 saturated carbocycles. The molecule has 0 fully saturated rings. The van der Waals surface area contributed by atoms with Gasteiger partial charge in [0.15, 0.2) is 5.58 Å². The Hall–Kier alpha value is -7.70. The molecule has 3 aliphatic rings. The lowest BCUT2D eigenvalue weighted by molar-refractivity contribution is 0.573. The Morgan fingerprint density at radius 2 is 0.974 bits per heavy atom. The third-order valence-corrected chi connectivity index (χ3v) is 17.1. The van der Waals surface area contributed by atoms with E-state index in [0.717, 1.165) is 63.2 Å². The molecule has 0 atom stereocenters. The molecule has 2 aliphatic heterocycles. The highest BCUT2D eigenvalue weighted by Gasteiger charge is 2.49. The Balaban J connectivity index is 1.17. The highest BCUT2D eigenvalue weighted by atomic mass is 16.3. The first-order valence-electron chi connectivity index (χ1n) is 28.5. The fraction of sp³-hybridized carbons (Fsp3) is 0.278. The summed E-state index contributed by atoms with van der Waals surface area (Å²) in [6, 6.07) is 66.9. The van der Waals surface area contributed by atoms with Gasteiger partial charge in [0.05, 0.1) is 11.4 Å². The first kappa shape index (κ1) is 49.8. The van der Waals surface area contributed by atoms with E-state index in [-0.39, 0.29) is 28.4 Å². The van der Waals surface area contributed by atoms with Crippen LogP contribution < -0.4 is 31.2 Å². The van der Waals surface area contributed by atoms with Crippen LogP contribution in [0.3, 0.4) is 0 Å². The minimum absolute atomic E-state index is 0.0130. The van der Waals surface area contributed by atoms with Crippen LogP contribution in [0, 0.1) is 0 Å². The second kappa shape index (κ2) is 17.9. The van der Waals surface area contributed by atoms with Gasteiger partial charge in [-0.2, -0.15) is 0 Å². The maximum Gasteiger partial charge on any atom is 0.273 e. The van der Waals surface area contributed by atoms with E-state index in [9.17, 15) is 0 Å². The highest BCUT2D eigenvalue weighted by molar-refractivity contribution is 7.00. The summed E-state index contributed by atoms with van der Waals surface area (Å²) < 4.78 is 10.1. The number of benzene rings is 8. The van der Waals surface area contributed by atoms with E-state index in [1.54, 1.807) is 0 Å². The second-order valence-corrected chi connectivity index (χ2v) is 26.5. The minimum Gasteiger partial charge on any atom is -0.454 e. The Kier molecular flexibility index (Phi) is 11.5. The second-order valence-electron chi connectivity index (χ2n) is 26.5. The standard InChI is InChI=1S/C72H73BN4O/c1-69(2,3)46-33-37-51(38-34-46)74(52-39-35-47(36-40-52)70(4,5)6)53-41-42-58-61(45-53)77(60-32-22-29-55-54-28-21-30-57(72(10,11)12)66(54)78-67(55)60)63-44-48(71(7,8)9)43-62-64(63)73(58)68-65(75(62)49-23-15-13-16-24-49)56-27-19-20-31-59(56)76(68)50-25-17-14-18-26-50/h13-18,21-26,28-30,32-45H,19-20,27,31H2,1-12H3. The molecule has 390 valence electrons. The first-order valence-corrected chi connectivity index (χ1v) is 28.5. The van der Waals surface area contributed by atoms with Crippen molar-refractivity contribution >= 4 is 96.4 Å². The Morgan fingerprint density at radius 1 is 0.436 bits per heavy atom. The molecule has 78 heavy (non-hydrogen) atoms. The molecule has 0 bridgehead atoms. The van der Waals surface area contributed by atoms with Crippen LogP contribution in [0.2, 0.25) is 0 Å². The normalized spacial score (nSPS) is 14.4. The lowest BCUT2D eigenvalue weighted by Gasteiger charge is -2.45. The van der Waals surface area contributed by atoms with Crippen molar-refractivity contribution in [3.05, 3.63) is 209 Å². The molecule has 13 rings (SSSR count). The average Bonchev–Trinajstić information content (AvgIpc) is 3.05. The fourth-order valence-corrected chi connectivity index (χ4v) is 13.0. The molecule has 0 unspecified atom stereocenters. The Morgan fingerprint density at radius 3 is 1.56 bits per heavy atom. The molecule has 0 saturated heterocycles. The number of anilines is 9. The van der Waals surface area contributed by atoms with Gasteiger partial charge in [0.25, 0.3) is 6.71 Å². The summed E-state index contributed by atoms with van der Waals surface area (Å²) in [6.45, 7) is 27.6. The zero-order valence-electron chi connectivity index (χ0n) is 47.8. The van der Waals surface area contributed by atoms with Gasteiger partial charge in [0, 0.05) is 73.1 Å². The van der Waals surface area contributed by atoms with Crippen LogP contribution in [-0.2, 0) is 34.5 Å². The van der Waals surface area contributed by atoms with Crippen LogP contribution in [0.1, 0.15) is 129 Å². The van der Waals surface area contributed by atoms with E-state index >= 15 is 0 Å². The Bertz CT molecular complexity index is 3890. The smallest absolute Gasteiger partial charge is 0.273 e. The van der Waals surface area contributed by atoms with Crippen molar-refractivity contribution < 1.29 is 4.42 Å². The Labute approximate surface area is 463 Å². The number of furan rings is 1. The lowest BCUT2D eigenvalue weighted by atomic mass is 9.34. The summed E-state index contributed by atoms with van der Waals surface area (Å²) in [5.74, 6) is 0. The molecule has 1 aliphatic carbocycles. The third kappa shape index (κ3) is 8.03. The first-order chi connectivity index (χ1) is 37.3. The molecule has 5 nitrogen and oxygen atoms in total. The summed E-state index contributed by atoms with van der Waals surface area (Å²) >= 11 is 0. The molecule has 0 spiro atoms. The van der Waals surface area contributed by atoms with Crippen molar-refractivity contribution in [2.75, 3.05) is 14.7 Å². The van der Waals surface area contributed by atoms with E-state index < -0.39 is 0 Å². The number of hydrogen-bond donors (Lipinski definition) is 0. The van der Waals surface area contributed by atoms with Crippen LogP contribution >= 0.6 is 0 Å². The molecule has 8 aromatic carbocycles. The van der Waals surface area contributed by atoms with Gasteiger partial charge in [-0.1, -0.05) is 180 Å². The molecule has 0 N–H and O–H groups in total. The van der Waals surface area contributed by atoms with Gasteiger partial charge in [0.2, 0.25) is 0 Å². The molecular formula is C72H73BN4O. The largest absolute Gasteiger partial charge is 0.454 e. The minimum atomic E-state index is -0.185. The number of rotatable bonds is 6. The average molecular weight is 1020 g/mol. The monoisotopic (exact) mass is 1020 g/mol. The number of nitrogens with zero attached hydrogens (tertiary/aromatic N) is 4. The van der Waals surface area contributed by atoms with E-state index in [2.05, 4.69) is 278 Å². The van der Waals surface area contributed by atoms with E-state index in [1.807, 2.05) is 0 Å². The van der Waals surface area contributed by atoms with Gasteiger partial charge in [-0.3, -0.25) is 0 Å². The predicted molar refractivity (Wildman–Crippen MR) is 333 cm³/mol. The van der Waals surface area contributed by atoms with Gasteiger partial charge in [-0.25, -0.2) is 0 Å². The topological polar surface area (TPSA) is 27.8 Å². The fourth-order valence-electron chi connectivity index (χ4n) is 13.0. The summed E-state index contributed by atoms with van der Waals surface area (Å²) in [4.78, 5) is 7.72. The van der Waals surface area contributed by atoms with Gasteiger partial charge in [-0.05, 0) is 159 Å². The summed E-state index contributed by atoms with van der Waals surface area (Å²) in [5.41, 5.74) is 25.1. The molecule has 10 aromatic rings. The summed E-state index contributed by atoms with van der Waals surface area (Å²) in [6.07, 6.45) is 4.40. The van der Waals surface area contributed by atoms with Crippen molar-refractivity contribution in [2.24, 2.45) is 0 Å². The van der Waals surface area contributed by atoms with Crippen LogP contribution in [0.25, 0.3) is 27.6 Å². The number of aromatic nitrogens is 1. The quantitative estimate of drug-likeness (QED) is 0.155. The predicted octanol–water partition coefficient (Wildman–Crippen LogP) is 18.0. The molecule has 6 heteroatoms. The van der Waals surface area contributed by atoms with E-state index in [1.165, 1.54) is 91.3 Å².